The van der Waals surface area contributed by atoms with Crippen molar-refractivity contribution in [1.82, 2.24) is 0 Å². The number of fused-ring (bicyclic) bond motifs is 1. The molecule has 0 N–H and O–H groups in total. The number of carbonyl (C=O) groups excluding carboxylic acids is 1. The number of carbonyl (C=O) groups is 1. The molecule has 1 aromatic rings. The second-order valence-corrected chi connectivity index (χ2v) is 6.06. The van der Waals surface area contributed by atoms with Crippen molar-refractivity contribution in [1.29, 1.82) is 5.26 Å². The highest BCUT2D eigenvalue weighted by Gasteiger charge is 2.52. The van der Waals surface area contributed by atoms with E-state index in [-0.39, 0.29) is 11.9 Å². The van der Waals surface area contributed by atoms with Gasteiger partial charge in [-0.1, -0.05) is 25.1 Å². The van der Waals surface area contributed by atoms with E-state index in [1.165, 1.54) is 5.56 Å². The predicted molar refractivity (Wildman–Crippen MR) is 73.5 cm³/mol. The maximum atomic E-state index is 12.8. The summed E-state index contributed by atoms with van der Waals surface area (Å²) in [5.74, 6) is 0.488. The average Bonchev–Trinajstić information content (AvgIpc) is 2.69. The zero-order valence-corrected chi connectivity index (χ0v) is 11.4. The lowest BCUT2D eigenvalue weighted by Gasteiger charge is -2.42. The number of anilines is 1. The zero-order valence-electron chi connectivity index (χ0n) is 11.4. The molecule has 1 aromatic carbocycles. The number of benzene rings is 1. The molecule has 1 amide bonds. The van der Waals surface area contributed by atoms with E-state index < -0.39 is 5.41 Å². The van der Waals surface area contributed by atoms with Gasteiger partial charge in [-0.15, -0.1) is 0 Å². The van der Waals surface area contributed by atoms with E-state index in [0.29, 0.717) is 18.8 Å². The summed E-state index contributed by atoms with van der Waals surface area (Å²) in [7, 11) is 0. The Hall–Kier alpha value is -1.82. The van der Waals surface area contributed by atoms with Crippen LogP contribution in [0.15, 0.2) is 24.3 Å². The van der Waals surface area contributed by atoms with Crippen LogP contribution in [0.25, 0.3) is 0 Å². The summed E-state index contributed by atoms with van der Waals surface area (Å²) in [6, 6.07) is 10.5. The normalized spacial score (nSPS) is 32.4. The SMILES string of the molecule is CC1CC(C#N)(C(=O)N2c3ccccc3CC2C)C1. The maximum absolute atomic E-state index is 12.8. The Morgan fingerprint density at radius 3 is 2.68 bits per heavy atom. The van der Waals surface area contributed by atoms with Crippen molar-refractivity contribution in [2.75, 3.05) is 4.90 Å². The van der Waals surface area contributed by atoms with Gasteiger partial charge >= 0.3 is 0 Å². The number of para-hydroxylation sites is 1. The quantitative estimate of drug-likeness (QED) is 0.773. The van der Waals surface area contributed by atoms with E-state index in [2.05, 4.69) is 26.0 Å². The number of hydrogen-bond donors (Lipinski definition) is 0. The minimum Gasteiger partial charge on any atom is -0.308 e. The molecular weight excluding hydrogens is 236 g/mol. The molecule has 2 aliphatic rings. The van der Waals surface area contributed by atoms with Gasteiger partial charge in [0, 0.05) is 11.7 Å². The van der Waals surface area contributed by atoms with Gasteiger partial charge < -0.3 is 4.90 Å². The molecule has 3 nitrogen and oxygen atoms in total. The Morgan fingerprint density at radius 1 is 1.37 bits per heavy atom. The smallest absolute Gasteiger partial charge is 0.247 e. The fraction of sp³-hybridized carbons (Fsp3) is 0.500. The van der Waals surface area contributed by atoms with Crippen LogP contribution < -0.4 is 4.90 Å². The van der Waals surface area contributed by atoms with Crippen LogP contribution >= 0.6 is 0 Å². The van der Waals surface area contributed by atoms with Gasteiger partial charge in [0.25, 0.3) is 0 Å². The van der Waals surface area contributed by atoms with Crippen LogP contribution in [0.3, 0.4) is 0 Å². The van der Waals surface area contributed by atoms with Crippen molar-refractivity contribution < 1.29 is 4.79 Å². The standard InChI is InChI=1S/C16H18N2O/c1-11-8-16(9-11,10-17)15(19)18-12(2)7-13-5-3-4-6-14(13)18/h3-6,11-12H,7-9H2,1-2H3. The lowest BCUT2D eigenvalue weighted by atomic mass is 9.62. The average molecular weight is 254 g/mol. The Balaban J connectivity index is 1.95. The lowest BCUT2D eigenvalue weighted by Crippen LogP contribution is -2.51. The lowest BCUT2D eigenvalue weighted by molar-refractivity contribution is -0.131. The maximum Gasteiger partial charge on any atom is 0.247 e. The van der Waals surface area contributed by atoms with Gasteiger partial charge in [0.2, 0.25) is 5.91 Å². The summed E-state index contributed by atoms with van der Waals surface area (Å²) in [5, 5.41) is 9.42. The summed E-state index contributed by atoms with van der Waals surface area (Å²) in [5.41, 5.74) is 1.43. The molecule has 1 fully saturated rings. The van der Waals surface area contributed by atoms with Crippen LogP contribution in [0, 0.1) is 22.7 Å². The van der Waals surface area contributed by atoms with Gasteiger partial charge in [-0.25, -0.2) is 0 Å². The summed E-state index contributed by atoms with van der Waals surface area (Å²) in [6.07, 6.45) is 2.29. The third kappa shape index (κ3) is 1.67. The zero-order chi connectivity index (χ0) is 13.6. The van der Waals surface area contributed by atoms with Crippen molar-refractivity contribution in [2.45, 2.75) is 39.2 Å². The summed E-state index contributed by atoms with van der Waals surface area (Å²) < 4.78 is 0. The summed E-state index contributed by atoms with van der Waals surface area (Å²) >= 11 is 0. The molecule has 1 atom stereocenters. The first-order valence-corrected chi connectivity index (χ1v) is 6.90. The van der Waals surface area contributed by atoms with Gasteiger partial charge in [-0.05, 0) is 43.7 Å². The van der Waals surface area contributed by atoms with Crippen molar-refractivity contribution in [3.8, 4) is 6.07 Å². The fourth-order valence-electron chi connectivity index (χ4n) is 3.55. The molecule has 1 aliphatic heterocycles. The third-order valence-electron chi connectivity index (χ3n) is 4.44. The number of nitriles is 1. The molecule has 19 heavy (non-hydrogen) atoms. The molecule has 0 radical (unpaired) electrons. The van der Waals surface area contributed by atoms with Crippen LogP contribution in [0.2, 0.25) is 0 Å². The van der Waals surface area contributed by atoms with Crippen LogP contribution in [-0.2, 0) is 11.2 Å². The van der Waals surface area contributed by atoms with E-state index >= 15 is 0 Å². The van der Waals surface area contributed by atoms with Crippen LogP contribution in [0.5, 0.6) is 0 Å². The summed E-state index contributed by atoms with van der Waals surface area (Å²) in [4.78, 5) is 14.7. The number of rotatable bonds is 1. The van der Waals surface area contributed by atoms with E-state index in [1.54, 1.807) is 0 Å². The minimum absolute atomic E-state index is 0.00514. The molecular formula is C16H18N2O. The third-order valence-corrected chi connectivity index (χ3v) is 4.44. The second-order valence-electron chi connectivity index (χ2n) is 6.06. The van der Waals surface area contributed by atoms with Crippen LogP contribution in [-0.4, -0.2) is 11.9 Å². The molecule has 98 valence electrons. The summed E-state index contributed by atoms with van der Waals surface area (Å²) in [6.45, 7) is 4.16. The Labute approximate surface area is 113 Å². The molecule has 0 saturated heterocycles. The monoisotopic (exact) mass is 254 g/mol. The molecule has 0 aromatic heterocycles. The van der Waals surface area contributed by atoms with Crippen molar-refractivity contribution in [2.24, 2.45) is 11.3 Å². The number of amides is 1. The van der Waals surface area contributed by atoms with Crippen LogP contribution in [0.4, 0.5) is 5.69 Å². The number of nitrogens with zero attached hydrogens (tertiary/aromatic N) is 2. The first kappa shape index (κ1) is 12.2. The highest BCUT2D eigenvalue weighted by molar-refractivity contribution is 6.02. The predicted octanol–water partition coefficient (Wildman–Crippen LogP) is 2.90. The Morgan fingerprint density at radius 2 is 2.05 bits per heavy atom. The van der Waals surface area contributed by atoms with Gasteiger partial charge in [-0.3, -0.25) is 4.79 Å². The van der Waals surface area contributed by atoms with Crippen molar-refractivity contribution in [3.63, 3.8) is 0 Å². The number of hydrogen-bond acceptors (Lipinski definition) is 2. The Kier molecular flexibility index (Phi) is 2.63. The van der Waals surface area contributed by atoms with Crippen LogP contribution in [0.1, 0.15) is 32.3 Å². The molecule has 1 unspecified atom stereocenters. The van der Waals surface area contributed by atoms with Gasteiger partial charge in [0.1, 0.15) is 5.41 Å². The van der Waals surface area contributed by atoms with E-state index in [4.69, 9.17) is 0 Å². The molecule has 1 aliphatic carbocycles. The second kappa shape index (κ2) is 4.09. The van der Waals surface area contributed by atoms with E-state index in [1.807, 2.05) is 23.1 Å². The molecule has 3 rings (SSSR count). The van der Waals surface area contributed by atoms with Crippen molar-refractivity contribution in [3.05, 3.63) is 29.8 Å². The van der Waals surface area contributed by atoms with Crippen molar-refractivity contribution >= 4 is 11.6 Å². The topological polar surface area (TPSA) is 44.1 Å². The molecule has 3 heteroatoms. The largest absolute Gasteiger partial charge is 0.308 e. The van der Waals surface area contributed by atoms with Gasteiger partial charge in [0.15, 0.2) is 0 Å². The van der Waals surface area contributed by atoms with E-state index in [9.17, 15) is 10.1 Å². The Bertz CT molecular complexity index is 566. The van der Waals surface area contributed by atoms with Gasteiger partial charge in [0.05, 0.1) is 6.07 Å². The molecule has 0 bridgehead atoms. The minimum atomic E-state index is -0.773. The first-order valence-electron chi connectivity index (χ1n) is 6.90. The van der Waals surface area contributed by atoms with E-state index in [0.717, 1.165) is 12.1 Å². The first-order chi connectivity index (χ1) is 9.07. The van der Waals surface area contributed by atoms with Gasteiger partial charge in [-0.2, -0.15) is 5.26 Å². The molecule has 1 heterocycles. The molecule has 1 saturated carbocycles. The fourth-order valence-corrected chi connectivity index (χ4v) is 3.55. The molecule has 0 spiro atoms. The highest BCUT2D eigenvalue weighted by Crippen LogP contribution is 2.48. The highest BCUT2D eigenvalue weighted by atomic mass is 16.2.